The summed E-state index contributed by atoms with van der Waals surface area (Å²) >= 11 is 3.94. The fraction of sp³-hybridized carbons (Fsp3) is 0.200. The number of thiol groups is 1. The molecule has 1 aromatic rings. The lowest BCUT2D eigenvalue weighted by Crippen LogP contribution is -2.31. The largest absolute Gasteiger partial charge is 0.282 e. The molecule has 0 atom stereocenters. The summed E-state index contributed by atoms with van der Waals surface area (Å²) in [6.07, 6.45) is 0. The molecule has 0 saturated heterocycles. The summed E-state index contributed by atoms with van der Waals surface area (Å²) in [5, 5.41) is 10.8. The predicted molar refractivity (Wildman–Crippen MR) is 62.3 cm³/mol. The van der Waals surface area contributed by atoms with Gasteiger partial charge in [-0.15, -0.1) is 0 Å². The molecule has 0 fully saturated rings. The van der Waals surface area contributed by atoms with Crippen LogP contribution in [-0.4, -0.2) is 33.9 Å². The van der Waals surface area contributed by atoms with Gasteiger partial charge in [0.1, 0.15) is 5.56 Å². The van der Waals surface area contributed by atoms with E-state index in [9.17, 15) is 19.7 Å². The van der Waals surface area contributed by atoms with Gasteiger partial charge >= 0.3 is 0 Å². The van der Waals surface area contributed by atoms with Crippen molar-refractivity contribution < 1.29 is 14.5 Å². The van der Waals surface area contributed by atoms with Crippen LogP contribution in [0.25, 0.3) is 0 Å². The number of carbonyl (C=O) groups excluding carboxylic acids is 2. The van der Waals surface area contributed by atoms with Gasteiger partial charge in [-0.05, 0) is 6.07 Å². The lowest BCUT2D eigenvalue weighted by atomic mass is 10.1. The number of fused-ring (bicyclic) bond motifs is 1. The minimum atomic E-state index is -0.659. The standard InChI is InChI=1S/C10H8N2O4S/c13-9-6-2-1-3-7(12(15)16)8(6)10(14)11(9)4-5-17/h1-3,17H,4-5H2. The van der Waals surface area contributed by atoms with Crippen LogP contribution in [0.1, 0.15) is 20.7 Å². The summed E-state index contributed by atoms with van der Waals surface area (Å²) in [5.41, 5.74) is -0.363. The minimum absolute atomic E-state index is 0.0889. The molecule has 0 bridgehead atoms. The van der Waals surface area contributed by atoms with Crippen molar-refractivity contribution in [3.05, 3.63) is 39.4 Å². The maximum Gasteiger partial charge on any atom is 0.282 e. The molecule has 1 aliphatic rings. The molecule has 0 saturated carbocycles. The van der Waals surface area contributed by atoms with Crippen LogP contribution >= 0.6 is 12.6 Å². The van der Waals surface area contributed by atoms with Crippen LogP contribution in [0.3, 0.4) is 0 Å². The van der Waals surface area contributed by atoms with E-state index < -0.39 is 16.7 Å². The van der Waals surface area contributed by atoms with E-state index in [1.54, 1.807) is 0 Å². The van der Waals surface area contributed by atoms with E-state index in [0.29, 0.717) is 5.75 Å². The number of nitrogens with zero attached hydrogens (tertiary/aromatic N) is 2. The zero-order valence-electron chi connectivity index (χ0n) is 8.62. The smallest absolute Gasteiger partial charge is 0.273 e. The Bertz CT molecular complexity index is 529. The van der Waals surface area contributed by atoms with Crippen LogP contribution in [0.2, 0.25) is 0 Å². The zero-order chi connectivity index (χ0) is 12.6. The Morgan fingerprint density at radius 2 is 2.00 bits per heavy atom. The fourth-order valence-corrected chi connectivity index (χ4v) is 1.97. The Balaban J connectivity index is 2.57. The molecule has 2 amide bonds. The maximum atomic E-state index is 11.9. The summed E-state index contributed by atoms with van der Waals surface area (Å²) in [6.45, 7) is 0.145. The van der Waals surface area contributed by atoms with Crippen molar-refractivity contribution in [2.24, 2.45) is 0 Å². The number of carbonyl (C=O) groups is 2. The van der Waals surface area contributed by atoms with Gasteiger partial charge in [0.2, 0.25) is 0 Å². The maximum absolute atomic E-state index is 11.9. The van der Waals surface area contributed by atoms with Gasteiger partial charge in [0.15, 0.2) is 0 Å². The molecule has 0 radical (unpaired) electrons. The molecule has 1 heterocycles. The quantitative estimate of drug-likeness (QED) is 0.378. The van der Waals surface area contributed by atoms with Crippen molar-refractivity contribution in [1.29, 1.82) is 0 Å². The van der Waals surface area contributed by atoms with Crippen LogP contribution in [0, 0.1) is 10.1 Å². The number of hydrogen-bond donors (Lipinski definition) is 1. The van der Waals surface area contributed by atoms with Crippen molar-refractivity contribution >= 4 is 30.1 Å². The van der Waals surface area contributed by atoms with Crippen molar-refractivity contribution in [3.63, 3.8) is 0 Å². The Morgan fingerprint density at radius 3 is 2.59 bits per heavy atom. The van der Waals surface area contributed by atoms with E-state index >= 15 is 0 Å². The van der Waals surface area contributed by atoms with Gasteiger partial charge < -0.3 is 0 Å². The molecule has 0 unspecified atom stereocenters. The molecule has 0 aliphatic carbocycles. The minimum Gasteiger partial charge on any atom is -0.273 e. The molecular formula is C10H8N2O4S. The second kappa shape index (κ2) is 4.17. The highest BCUT2D eigenvalue weighted by atomic mass is 32.1. The third kappa shape index (κ3) is 1.68. The predicted octanol–water partition coefficient (Wildman–Crippen LogP) is 1.12. The number of amides is 2. The SMILES string of the molecule is O=C1c2cccc([N+](=O)[O-])c2C(=O)N1CCS. The molecule has 0 N–H and O–H groups in total. The molecule has 1 aliphatic heterocycles. The first-order valence-electron chi connectivity index (χ1n) is 4.82. The molecule has 7 heteroatoms. The van der Waals surface area contributed by atoms with E-state index in [1.165, 1.54) is 18.2 Å². The first-order chi connectivity index (χ1) is 8.07. The Kier molecular flexibility index (Phi) is 2.84. The van der Waals surface area contributed by atoms with E-state index in [4.69, 9.17) is 0 Å². The molecule has 2 rings (SSSR count). The van der Waals surface area contributed by atoms with Crippen LogP contribution in [0.4, 0.5) is 5.69 Å². The third-order valence-corrected chi connectivity index (χ3v) is 2.70. The second-order valence-corrected chi connectivity index (χ2v) is 3.89. The number of hydrogen-bond acceptors (Lipinski definition) is 5. The van der Waals surface area contributed by atoms with E-state index in [0.717, 1.165) is 4.90 Å². The molecule has 0 aromatic heterocycles. The number of imide groups is 1. The fourth-order valence-electron chi connectivity index (χ4n) is 1.77. The number of nitro groups is 1. The first-order valence-corrected chi connectivity index (χ1v) is 5.45. The van der Waals surface area contributed by atoms with Crippen molar-refractivity contribution in [3.8, 4) is 0 Å². The third-order valence-electron chi connectivity index (χ3n) is 2.50. The molecule has 6 nitrogen and oxygen atoms in total. The van der Waals surface area contributed by atoms with Crippen LogP contribution in [0.15, 0.2) is 18.2 Å². The van der Waals surface area contributed by atoms with E-state index in [2.05, 4.69) is 12.6 Å². The lowest BCUT2D eigenvalue weighted by Gasteiger charge is -2.10. The Labute approximate surface area is 102 Å². The van der Waals surface area contributed by atoms with Crippen LogP contribution in [-0.2, 0) is 0 Å². The van der Waals surface area contributed by atoms with Gasteiger partial charge in [-0.2, -0.15) is 12.6 Å². The van der Waals surface area contributed by atoms with Gasteiger partial charge in [-0.25, -0.2) is 0 Å². The summed E-state index contributed by atoms with van der Waals surface area (Å²) in [7, 11) is 0. The topological polar surface area (TPSA) is 80.5 Å². The van der Waals surface area contributed by atoms with E-state index in [1.807, 2.05) is 0 Å². The number of benzene rings is 1. The normalized spacial score (nSPS) is 14.1. The average Bonchev–Trinajstić information content (AvgIpc) is 2.55. The highest BCUT2D eigenvalue weighted by Gasteiger charge is 2.40. The van der Waals surface area contributed by atoms with Gasteiger partial charge in [0.25, 0.3) is 17.5 Å². The van der Waals surface area contributed by atoms with Gasteiger partial charge in [-0.1, -0.05) is 6.07 Å². The van der Waals surface area contributed by atoms with Gasteiger partial charge in [0, 0.05) is 18.4 Å². The molecule has 0 spiro atoms. The zero-order valence-corrected chi connectivity index (χ0v) is 9.52. The van der Waals surface area contributed by atoms with Gasteiger partial charge in [0.05, 0.1) is 10.5 Å². The molecule has 88 valence electrons. The summed E-state index contributed by atoms with van der Waals surface area (Å²) in [5.74, 6) is -0.798. The van der Waals surface area contributed by atoms with Crippen LogP contribution in [0.5, 0.6) is 0 Å². The highest BCUT2D eigenvalue weighted by Crippen LogP contribution is 2.30. The molecule has 17 heavy (non-hydrogen) atoms. The number of nitro benzene ring substituents is 1. The monoisotopic (exact) mass is 252 g/mol. The van der Waals surface area contributed by atoms with Crippen molar-refractivity contribution in [1.82, 2.24) is 4.90 Å². The van der Waals surface area contributed by atoms with E-state index in [-0.39, 0.29) is 23.4 Å². The van der Waals surface area contributed by atoms with Gasteiger partial charge in [-0.3, -0.25) is 24.6 Å². The summed E-state index contributed by atoms with van der Waals surface area (Å²) < 4.78 is 0. The van der Waals surface area contributed by atoms with Crippen LogP contribution < -0.4 is 0 Å². The van der Waals surface area contributed by atoms with Crippen molar-refractivity contribution in [2.45, 2.75) is 0 Å². The highest BCUT2D eigenvalue weighted by molar-refractivity contribution is 7.80. The Hall–Kier alpha value is -1.89. The summed E-state index contributed by atoms with van der Waals surface area (Å²) in [4.78, 5) is 34.8. The average molecular weight is 252 g/mol. The van der Waals surface area contributed by atoms with Crippen molar-refractivity contribution in [2.75, 3.05) is 12.3 Å². The lowest BCUT2D eigenvalue weighted by molar-refractivity contribution is -0.385. The summed E-state index contributed by atoms with van der Waals surface area (Å²) in [6, 6.07) is 4.03. The Morgan fingerprint density at radius 1 is 1.29 bits per heavy atom. The molecular weight excluding hydrogens is 244 g/mol. The first kappa shape index (κ1) is 11.6. The molecule has 1 aromatic carbocycles. The second-order valence-electron chi connectivity index (χ2n) is 3.44. The number of rotatable bonds is 3.